The van der Waals surface area contributed by atoms with Gasteiger partial charge >= 0.3 is 0 Å². The van der Waals surface area contributed by atoms with Gasteiger partial charge in [-0.3, -0.25) is 4.79 Å². The Kier molecular flexibility index (Phi) is 4.61. The van der Waals surface area contributed by atoms with Crippen molar-refractivity contribution in [3.63, 3.8) is 0 Å². The molecule has 0 unspecified atom stereocenters. The fourth-order valence-electron chi connectivity index (χ4n) is 1.74. The molecular formula is C14H14FN3O. The summed E-state index contributed by atoms with van der Waals surface area (Å²) >= 11 is 0. The number of anilines is 1. The first kappa shape index (κ1) is 14.7. The summed E-state index contributed by atoms with van der Waals surface area (Å²) in [5.74, 6) is -1.02. The van der Waals surface area contributed by atoms with E-state index in [-0.39, 0.29) is 11.3 Å². The van der Waals surface area contributed by atoms with E-state index in [4.69, 9.17) is 10.5 Å². The SMILES string of the molecule is CCC(C#N)(CC)C(=O)Nc1ccc(F)cc1C#N. The number of carbonyl (C=O) groups excluding carboxylic acids is 1. The fourth-order valence-corrected chi connectivity index (χ4v) is 1.74. The molecule has 0 aliphatic carbocycles. The molecule has 0 fully saturated rings. The molecule has 4 nitrogen and oxygen atoms in total. The average molecular weight is 259 g/mol. The Morgan fingerprint density at radius 2 is 2.00 bits per heavy atom. The van der Waals surface area contributed by atoms with Crippen molar-refractivity contribution in [2.45, 2.75) is 26.7 Å². The maximum absolute atomic E-state index is 13.0. The highest BCUT2D eigenvalue weighted by molar-refractivity contribution is 5.98. The van der Waals surface area contributed by atoms with E-state index in [0.29, 0.717) is 12.8 Å². The lowest BCUT2D eigenvalue weighted by molar-refractivity contribution is -0.123. The van der Waals surface area contributed by atoms with Gasteiger partial charge in [0.05, 0.1) is 17.3 Å². The van der Waals surface area contributed by atoms with Gasteiger partial charge < -0.3 is 5.32 Å². The topological polar surface area (TPSA) is 76.7 Å². The maximum atomic E-state index is 13.0. The summed E-state index contributed by atoms with van der Waals surface area (Å²) in [6, 6.07) is 7.34. The lowest BCUT2D eigenvalue weighted by Gasteiger charge is -2.22. The molecule has 1 aromatic carbocycles. The summed E-state index contributed by atoms with van der Waals surface area (Å²) < 4.78 is 13.0. The molecule has 0 aliphatic heterocycles. The lowest BCUT2D eigenvalue weighted by Crippen LogP contribution is -2.34. The lowest BCUT2D eigenvalue weighted by atomic mass is 9.83. The number of nitrogens with one attached hydrogen (secondary N) is 1. The minimum Gasteiger partial charge on any atom is -0.324 e. The van der Waals surface area contributed by atoms with Crippen LogP contribution in [-0.4, -0.2) is 5.91 Å². The highest BCUT2D eigenvalue weighted by Crippen LogP contribution is 2.28. The first-order chi connectivity index (χ1) is 9.02. The Labute approximate surface area is 111 Å². The Morgan fingerprint density at radius 3 is 2.47 bits per heavy atom. The largest absolute Gasteiger partial charge is 0.324 e. The van der Waals surface area contributed by atoms with Crippen LogP contribution in [-0.2, 0) is 4.79 Å². The third kappa shape index (κ3) is 2.89. The molecule has 1 rings (SSSR count). The van der Waals surface area contributed by atoms with Crippen LogP contribution < -0.4 is 5.32 Å². The van der Waals surface area contributed by atoms with Gasteiger partial charge in [-0.15, -0.1) is 0 Å². The van der Waals surface area contributed by atoms with E-state index in [1.807, 2.05) is 12.1 Å². The van der Waals surface area contributed by atoms with Crippen molar-refractivity contribution in [1.82, 2.24) is 0 Å². The Hall–Kier alpha value is -2.40. The second kappa shape index (κ2) is 5.97. The minimum absolute atomic E-state index is 0.0346. The number of halogens is 1. The fraction of sp³-hybridized carbons (Fsp3) is 0.357. The third-order valence-corrected chi connectivity index (χ3v) is 3.21. The minimum atomic E-state index is -1.12. The van der Waals surface area contributed by atoms with Crippen LogP contribution in [0.4, 0.5) is 10.1 Å². The van der Waals surface area contributed by atoms with Crippen molar-refractivity contribution in [2.24, 2.45) is 5.41 Å². The van der Waals surface area contributed by atoms with Gasteiger partial charge in [0.15, 0.2) is 0 Å². The van der Waals surface area contributed by atoms with Crippen molar-refractivity contribution in [1.29, 1.82) is 10.5 Å². The zero-order valence-electron chi connectivity index (χ0n) is 10.8. The van der Waals surface area contributed by atoms with E-state index in [1.54, 1.807) is 13.8 Å². The van der Waals surface area contributed by atoms with E-state index in [1.165, 1.54) is 6.07 Å². The van der Waals surface area contributed by atoms with E-state index < -0.39 is 17.1 Å². The van der Waals surface area contributed by atoms with E-state index in [2.05, 4.69) is 5.32 Å². The Bertz CT molecular complexity index is 565. The third-order valence-electron chi connectivity index (χ3n) is 3.21. The van der Waals surface area contributed by atoms with Crippen LogP contribution in [0.25, 0.3) is 0 Å². The van der Waals surface area contributed by atoms with Gasteiger partial charge in [-0.2, -0.15) is 10.5 Å². The molecule has 19 heavy (non-hydrogen) atoms. The molecule has 1 amide bonds. The molecule has 0 aliphatic rings. The van der Waals surface area contributed by atoms with Crippen molar-refractivity contribution in [3.05, 3.63) is 29.6 Å². The van der Waals surface area contributed by atoms with E-state index in [0.717, 1.165) is 12.1 Å². The maximum Gasteiger partial charge on any atom is 0.244 e. The van der Waals surface area contributed by atoms with Crippen LogP contribution in [0.2, 0.25) is 0 Å². The van der Waals surface area contributed by atoms with Gasteiger partial charge in [-0.25, -0.2) is 4.39 Å². The van der Waals surface area contributed by atoms with Crippen molar-refractivity contribution < 1.29 is 9.18 Å². The van der Waals surface area contributed by atoms with Gasteiger partial charge in [0.1, 0.15) is 17.3 Å². The normalized spacial score (nSPS) is 10.4. The molecule has 0 saturated heterocycles. The number of amides is 1. The van der Waals surface area contributed by atoms with Crippen LogP contribution in [0.15, 0.2) is 18.2 Å². The van der Waals surface area contributed by atoms with Gasteiger partial charge in [0.2, 0.25) is 5.91 Å². The first-order valence-corrected chi connectivity index (χ1v) is 5.95. The predicted octanol–water partition coefficient (Wildman–Crippen LogP) is 2.97. The second-order valence-electron chi connectivity index (χ2n) is 4.16. The standard InChI is InChI=1S/C14H14FN3O/c1-3-14(4-2,9-17)13(19)18-12-6-5-11(15)7-10(12)8-16/h5-7H,3-4H2,1-2H3,(H,18,19). The van der Waals surface area contributed by atoms with Gasteiger partial charge in [-0.05, 0) is 31.0 Å². The molecule has 0 aromatic heterocycles. The van der Waals surface area contributed by atoms with Crippen LogP contribution in [0.3, 0.4) is 0 Å². The molecule has 0 atom stereocenters. The summed E-state index contributed by atoms with van der Waals surface area (Å²) in [5.41, 5.74) is -0.871. The van der Waals surface area contributed by atoms with Crippen LogP contribution in [0.1, 0.15) is 32.3 Å². The molecule has 0 bridgehead atoms. The quantitative estimate of drug-likeness (QED) is 0.903. The summed E-state index contributed by atoms with van der Waals surface area (Å²) in [6.45, 7) is 3.50. The predicted molar refractivity (Wildman–Crippen MR) is 68.4 cm³/mol. The molecule has 0 spiro atoms. The smallest absolute Gasteiger partial charge is 0.244 e. The number of nitriles is 2. The number of benzene rings is 1. The Morgan fingerprint density at radius 1 is 1.37 bits per heavy atom. The van der Waals surface area contributed by atoms with Crippen LogP contribution in [0, 0.1) is 33.9 Å². The number of hydrogen-bond acceptors (Lipinski definition) is 3. The van der Waals surface area contributed by atoms with Crippen LogP contribution >= 0.6 is 0 Å². The molecule has 0 saturated carbocycles. The monoisotopic (exact) mass is 259 g/mol. The average Bonchev–Trinajstić information content (AvgIpc) is 2.43. The van der Waals surface area contributed by atoms with E-state index >= 15 is 0 Å². The molecule has 5 heteroatoms. The zero-order chi connectivity index (χ0) is 14.5. The summed E-state index contributed by atoms with van der Waals surface area (Å²) in [4.78, 5) is 12.1. The van der Waals surface area contributed by atoms with Crippen molar-refractivity contribution in [2.75, 3.05) is 5.32 Å². The number of rotatable bonds is 4. The van der Waals surface area contributed by atoms with Gasteiger partial charge in [0, 0.05) is 0 Å². The number of carbonyl (C=O) groups is 1. The molecular weight excluding hydrogens is 245 g/mol. The summed E-state index contributed by atoms with van der Waals surface area (Å²) in [7, 11) is 0. The highest BCUT2D eigenvalue weighted by Gasteiger charge is 2.35. The highest BCUT2D eigenvalue weighted by atomic mass is 19.1. The van der Waals surface area contributed by atoms with Gasteiger partial charge in [-0.1, -0.05) is 13.8 Å². The molecule has 1 aromatic rings. The first-order valence-electron chi connectivity index (χ1n) is 5.95. The summed E-state index contributed by atoms with van der Waals surface area (Å²) in [6.07, 6.45) is 0.740. The van der Waals surface area contributed by atoms with Gasteiger partial charge in [0.25, 0.3) is 0 Å². The van der Waals surface area contributed by atoms with E-state index in [9.17, 15) is 9.18 Å². The summed E-state index contributed by atoms with van der Waals surface area (Å²) in [5, 5.41) is 20.6. The number of hydrogen-bond donors (Lipinski definition) is 1. The molecule has 0 heterocycles. The van der Waals surface area contributed by atoms with Crippen molar-refractivity contribution in [3.8, 4) is 12.1 Å². The zero-order valence-corrected chi connectivity index (χ0v) is 10.8. The van der Waals surface area contributed by atoms with Crippen molar-refractivity contribution >= 4 is 11.6 Å². The van der Waals surface area contributed by atoms with Crippen LogP contribution in [0.5, 0.6) is 0 Å². The second-order valence-corrected chi connectivity index (χ2v) is 4.16. The molecule has 0 radical (unpaired) electrons. The molecule has 1 N–H and O–H groups in total. The molecule has 98 valence electrons. The Balaban J connectivity index is 3.08. The number of nitrogens with zero attached hydrogens (tertiary/aromatic N) is 2.